The molecule has 0 bridgehead atoms. The lowest BCUT2D eigenvalue weighted by Crippen LogP contribution is -2.02. The third-order valence-electron chi connectivity index (χ3n) is 3.18. The van der Waals surface area contributed by atoms with E-state index in [1.807, 2.05) is 0 Å². The second kappa shape index (κ2) is 5.36. The number of halogens is 2. The predicted molar refractivity (Wildman–Crippen MR) is 74.8 cm³/mol. The monoisotopic (exact) mass is 286 g/mol. The van der Waals surface area contributed by atoms with Gasteiger partial charge in [-0.1, -0.05) is 12.1 Å². The Labute approximate surface area is 120 Å². The molecule has 3 nitrogen and oxygen atoms in total. The van der Waals surface area contributed by atoms with Gasteiger partial charge in [-0.15, -0.1) is 0 Å². The second-order valence-electron chi connectivity index (χ2n) is 4.67. The SMILES string of the molecule is Oc1ccc(Cn2ccnc2-c2ccc(F)cc2F)cc1. The van der Waals surface area contributed by atoms with E-state index in [1.165, 1.54) is 12.1 Å². The van der Waals surface area contributed by atoms with E-state index in [2.05, 4.69) is 4.98 Å². The Hall–Kier alpha value is -2.69. The molecule has 0 spiro atoms. The van der Waals surface area contributed by atoms with E-state index >= 15 is 0 Å². The maximum atomic E-state index is 13.9. The van der Waals surface area contributed by atoms with Crippen LogP contribution in [0.25, 0.3) is 11.4 Å². The van der Waals surface area contributed by atoms with Crippen LogP contribution < -0.4 is 0 Å². The normalized spacial score (nSPS) is 10.8. The molecule has 3 rings (SSSR count). The Morgan fingerprint density at radius 3 is 2.52 bits per heavy atom. The zero-order chi connectivity index (χ0) is 14.8. The van der Waals surface area contributed by atoms with E-state index in [0.717, 1.165) is 11.6 Å². The lowest BCUT2D eigenvalue weighted by Gasteiger charge is -2.09. The van der Waals surface area contributed by atoms with Gasteiger partial charge in [0.15, 0.2) is 0 Å². The standard InChI is InChI=1S/C16H12F2N2O/c17-12-3-6-14(15(18)9-12)16-19-7-8-20(16)10-11-1-4-13(21)5-2-11/h1-9,21H,10H2. The van der Waals surface area contributed by atoms with Crippen LogP contribution >= 0.6 is 0 Å². The molecule has 106 valence electrons. The van der Waals surface area contributed by atoms with Crippen molar-refractivity contribution in [3.05, 3.63) is 72.1 Å². The van der Waals surface area contributed by atoms with Crippen molar-refractivity contribution in [3.8, 4) is 17.1 Å². The number of aromatic hydroxyl groups is 1. The molecule has 0 radical (unpaired) electrons. The maximum absolute atomic E-state index is 13.9. The summed E-state index contributed by atoms with van der Waals surface area (Å²) in [7, 11) is 0. The fraction of sp³-hybridized carbons (Fsp3) is 0.0625. The number of phenolic OH excluding ortho intramolecular Hbond substituents is 1. The van der Waals surface area contributed by atoms with Crippen molar-refractivity contribution in [3.63, 3.8) is 0 Å². The van der Waals surface area contributed by atoms with Gasteiger partial charge in [0.1, 0.15) is 23.2 Å². The van der Waals surface area contributed by atoms with Gasteiger partial charge in [0.05, 0.1) is 5.56 Å². The number of nitrogens with zero attached hydrogens (tertiary/aromatic N) is 2. The predicted octanol–water partition coefficient (Wildman–Crippen LogP) is 3.58. The summed E-state index contributed by atoms with van der Waals surface area (Å²) < 4.78 is 28.6. The van der Waals surface area contributed by atoms with Gasteiger partial charge in [0.2, 0.25) is 0 Å². The fourth-order valence-electron chi connectivity index (χ4n) is 2.15. The van der Waals surface area contributed by atoms with Crippen LogP contribution in [0.15, 0.2) is 54.9 Å². The van der Waals surface area contributed by atoms with Crippen LogP contribution in [0.5, 0.6) is 5.75 Å². The number of imidazole rings is 1. The van der Waals surface area contributed by atoms with E-state index in [9.17, 15) is 13.9 Å². The molecule has 0 saturated heterocycles. The molecule has 1 aromatic heterocycles. The van der Waals surface area contributed by atoms with E-state index in [-0.39, 0.29) is 11.3 Å². The molecule has 2 aromatic carbocycles. The molecule has 1 N–H and O–H groups in total. The summed E-state index contributed by atoms with van der Waals surface area (Å²) in [6.07, 6.45) is 3.30. The highest BCUT2D eigenvalue weighted by Gasteiger charge is 2.12. The molecule has 3 aromatic rings. The molecular formula is C16H12F2N2O. The Kier molecular flexibility index (Phi) is 3.39. The van der Waals surface area contributed by atoms with Gasteiger partial charge in [-0.25, -0.2) is 13.8 Å². The first kappa shape index (κ1) is 13.3. The van der Waals surface area contributed by atoms with Gasteiger partial charge < -0.3 is 9.67 Å². The van der Waals surface area contributed by atoms with Crippen LogP contribution in [0.1, 0.15) is 5.56 Å². The second-order valence-corrected chi connectivity index (χ2v) is 4.67. The molecule has 0 fully saturated rings. The minimum atomic E-state index is -0.645. The average molecular weight is 286 g/mol. The van der Waals surface area contributed by atoms with Crippen molar-refractivity contribution >= 4 is 0 Å². The summed E-state index contributed by atoms with van der Waals surface area (Å²) in [5.41, 5.74) is 1.19. The first-order valence-corrected chi connectivity index (χ1v) is 6.38. The molecule has 5 heteroatoms. The Morgan fingerprint density at radius 2 is 1.81 bits per heavy atom. The van der Waals surface area contributed by atoms with Gasteiger partial charge in [0, 0.05) is 25.0 Å². The number of aromatic nitrogens is 2. The van der Waals surface area contributed by atoms with Gasteiger partial charge in [-0.3, -0.25) is 0 Å². The Bertz CT molecular complexity index is 766. The Morgan fingerprint density at radius 1 is 1.05 bits per heavy atom. The number of rotatable bonds is 3. The molecule has 0 amide bonds. The Balaban J connectivity index is 1.95. The van der Waals surface area contributed by atoms with Gasteiger partial charge >= 0.3 is 0 Å². The van der Waals surface area contributed by atoms with Crippen LogP contribution in [0.2, 0.25) is 0 Å². The molecule has 0 aliphatic heterocycles. The largest absolute Gasteiger partial charge is 0.508 e. The molecule has 21 heavy (non-hydrogen) atoms. The molecule has 0 aliphatic carbocycles. The molecule has 0 saturated carbocycles. The van der Waals surface area contributed by atoms with Crippen LogP contribution in [0, 0.1) is 11.6 Å². The van der Waals surface area contributed by atoms with E-state index in [0.29, 0.717) is 12.4 Å². The highest BCUT2D eigenvalue weighted by molar-refractivity contribution is 5.56. The van der Waals surface area contributed by atoms with Gasteiger partial charge in [0.25, 0.3) is 0 Å². The van der Waals surface area contributed by atoms with Gasteiger partial charge in [-0.05, 0) is 29.8 Å². The van der Waals surface area contributed by atoms with Crippen LogP contribution in [0.4, 0.5) is 8.78 Å². The molecule has 0 atom stereocenters. The van der Waals surface area contributed by atoms with Crippen LogP contribution in [-0.4, -0.2) is 14.7 Å². The molecule has 1 heterocycles. The van der Waals surface area contributed by atoms with E-state index in [4.69, 9.17) is 0 Å². The number of hydrogen-bond donors (Lipinski definition) is 1. The zero-order valence-corrected chi connectivity index (χ0v) is 11.0. The minimum absolute atomic E-state index is 0.189. The molecule has 0 aliphatic rings. The number of hydrogen-bond acceptors (Lipinski definition) is 2. The van der Waals surface area contributed by atoms with Crippen molar-refractivity contribution in [2.24, 2.45) is 0 Å². The number of phenols is 1. The summed E-state index contributed by atoms with van der Waals surface area (Å²) in [6.45, 7) is 0.479. The van der Waals surface area contributed by atoms with Crippen molar-refractivity contribution in [1.82, 2.24) is 9.55 Å². The third kappa shape index (κ3) is 2.76. The topological polar surface area (TPSA) is 38.0 Å². The minimum Gasteiger partial charge on any atom is -0.508 e. The summed E-state index contributed by atoms with van der Waals surface area (Å²) in [5, 5.41) is 9.27. The summed E-state index contributed by atoms with van der Waals surface area (Å²) >= 11 is 0. The van der Waals surface area contributed by atoms with Crippen LogP contribution in [0.3, 0.4) is 0 Å². The number of benzene rings is 2. The van der Waals surface area contributed by atoms with E-state index < -0.39 is 11.6 Å². The summed E-state index contributed by atoms with van der Waals surface area (Å²) in [4.78, 5) is 4.14. The zero-order valence-electron chi connectivity index (χ0n) is 11.0. The third-order valence-corrected chi connectivity index (χ3v) is 3.18. The van der Waals surface area contributed by atoms with Crippen molar-refractivity contribution in [1.29, 1.82) is 0 Å². The summed E-state index contributed by atoms with van der Waals surface area (Å²) in [6, 6.07) is 10.2. The molecule has 0 unspecified atom stereocenters. The molecular weight excluding hydrogens is 274 g/mol. The maximum Gasteiger partial charge on any atom is 0.143 e. The van der Waals surface area contributed by atoms with Crippen molar-refractivity contribution in [2.45, 2.75) is 6.54 Å². The highest BCUT2D eigenvalue weighted by atomic mass is 19.1. The van der Waals surface area contributed by atoms with Crippen molar-refractivity contribution in [2.75, 3.05) is 0 Å². The first-order valence-electron chi connectivity index (χ1n) is 6.38. The lowest BCUT2D eigenvalue weighted by molar-refractivity contribution is 0.475. The lowest BCUT2D eigenvalue weighted by atomic mass is 10.1. The van der Waals surface area contributed by atoms with Crippen molar-refractivity contribution < 1.29 is 13.9 Å². The van der Waals surface area contributed by atoms with E-state index in [1.54, 1.807) is 41.2 Å². The fourth-order valence-corrected chi connectivity index (χ4v) is 2.15. The van der Waals surface area contributed by atoms with Gasteiger partial charge in [-0.2, -0.15) is 0 Å². The quantitative estimate of drug-likeness (QED) is 0.799. The van der Waals surface area contributed by atoms with Crippen LogP contribution in [-0.2, 0) is 6.54 Å². The average Bonchev–Trinajstić information content (AvgIpc) is 2.89. The first-order chi connectivity index (χ1) is 10.1. The highest BCUT2D eigenvalue weighted by Crippen LogP contribution is 2.23. The summed E-state index contributed by atoms with van der Waals surface area (Å²) in [5.74, 6) is -0.643. The smallest absolute Gasteiger partial charge is 0.143 e.